The van der Waals surface area contributed by atoms with E-state index in [-0.39, 0.29) is 18.4 Å². The highest BCUT2D eigenvalue weighted by atomic mass is 16.5. The Hall–Kier alpha value is -2.22. The van der Waals surface area contributed by atoms with E-state index in [2.05, 4.69) is 15.3 Å². The lowest BCUT2D eigenvalue weighted by atomic mass is 10.3. The minimum Gasteiger partial charge on any atom is -0.378 e. The first-order valence-electron chi connectivity index (χ1n) is 7.95. The van der Waals surface area contributed by atoms with E-state index in [1.165, 1.54) is 12.4 Å². The molecule has 3 rings (SSSR count). The van der Waals surface area contributed by atoms with Crippen molar-refractivity contribution in [2.24, 2.45) is 0 Å². The maximum Gasteiger partial charge on any atom is 0.254 e. The van der Waals surface area contributed by atoms with Gasteiger partial charge in [0.1, 0.15) is 0 Å². The van der Waals surface area contributed by atoms with Crippen LogP contribution in [0.1, 0.15) is 23.2 Å². The number of nitrogens with zero attached hydrogens (tertiary/aromatic N) is 4. The van der Waals surface area contributed by atoms with Crippen molar-refractivity contribution < 1.29 is 14.3 Å². The molecule has 0 atom stereocenters. The molecule has 2 aliphatic heterocycles. The van der Waals surface area contributed by atoms with Gasteiger partial charge in [-0.1, -0.05) is 0 Å². The van der Waals surface area contributed by atoms with Crippen LogP contribution < -0.4 is 10.2 Å². The zero-order chi connectivity index (χ0) is 16.1. The molecule has 3 heterocycles. The molecule has 2 amide bonds. The smallest absolute Gasteiger partial charge is 0.254 e. The van der Waals surface area contributed by atoms with E-state index in [4.69, 9.17) is 4.74 Å². The lowest BCUT2D eigenvalue weighted by Crippen LogP contribution is -2.39. The predicted octanol–water partition coefficient (Wildman–Crippen LogP) is -0.335. The molecule has 0 spiro atoms. The summed E-state index contributed by atoms with van der Waals surface area (Å²) in [6.07, 6.45) is 5.06. The fourth-order valence-corrected chi connectivity index (χ4v) is 2.70. The molecular formula is C15H21N5O3. The van der Waals surface area contributed by atoms with Crippen LogP contribution in [0.5, 0.6) is 0 Å². The van der Waals surface area contributed by atoms with Gasteiger partial charge in [-0.3, -0.25) is 9.59 Å². The van der Waals surface area contributed by atoms with Crippen LogP contribution in [0.2, 0.25) is 0 Å². The van der Waals surface area contributed by atoms with Crippen LogP contribution in [0.25, 0.3) is 0 Å². The van der Waals surface area contributed by atoms with Crippen LogP contribution in [0.4, 0.5) is 5.95 Å². The van der Waals surface area contributed by atoms with E-state index in [9.17, 15) is 9.59 Å². The Bertz CT molecular complexity index is 551. The maximum atomic E-state index is 12.1. The van der Waals surface area contributed by atoms with Crippen molar-refractivity contribution in [2.75, 3.05) is 50.8 Å². The molecule has 2 fully saturated rings. The molecule has 124 valence electrons. The number of morpholine rings is 1. The van der Waals surface area contributed by atoms with Gasteiger partial charge < -0.3 is 19.9 Å². The summed E-state index contributed by atoms with van der Waals surface area (Å²) in [4.78, 5) is 36.2. The number of amides is 2. The van der Waals surface area contributed by atoms with E-state index in [0.717, 1.165) is 39.0 Å². The largest absolute Gasteiger partial charge is 0.378 e. The van der Waals surface area contributed by atoms with Crippen molar-refractivity contribution in [3.05, 3.63) is 18.0 Å². The third kappa shape index (κ3) is 3.95. The standard InChI is InChI=1S/C15H21N5O3/c21-13(19-3-1-2-4-19)11-16-14(22)12-9-17-15(18-10-12)20-5-7-23-8-6-20/h9-10H,1-8,11H2,(H,16,22). The number of nitrogens with one attached hydrogen (secondary N) is 1. The minimum absolute atomic E-state index is 0.0179. The first-order valence-corrected chi connectivity index (χ1v) is 7.95. The average Bonchev–Trinajstić information content (AvgIpc) is 3.15. The molecule has 0 radical (unpaired) electrons. The van der Waals surface area contributed by atoms with Gasteiger partial charge in [-0.05, 0) is 12.8 Å². The number of rotatable bonds is 4. The number of ether oxygens (including phenoxy) is 1. The maximum absolute atomic E-state index is 12.1. The monoisotopic (exact) mass is 319 g/mol. The van der Waals surface area contributed by atoms with Crippen LogP contribution in [-0.4, -0.2) is 72.6 Å². The minimum atomic E-state index is -0.328. The second-order valence-electron chi connectivity index (χ2n) is 5.64. The Balaban J connectivity index is 1.51. The van der Waals surface area contributed by atoms with Crippen molar-refractivity contribution in [2.45, 2.75) is 12.8 Å². The fourth-order valence-electron chi connectivity index (χ4n) is 2.70. The molecule has 1 aromatic heterocycles. The third-order valence-electron chi connectivity index (χ3n) is 4.05. The van der Waals surface area contributed by atoms with Crippen molar-refractivity contribution >= 4 is 17.8 Å². The molecular weight excluding hydrogens is 298 g/mol. The Kier molecular flexibility index (Phi) is 5.02. The molecule has 8 nitrogen and oxygen atoms in total. The number of hydrogen-bond donors (Lipinski definition) is 1. The number of hydrogen-bond acceptors (Lipinski definition) is 6. The molecule has 0 bridgehead atoms. The summed E-state index contributed by atoms with van der Waals surface area (Å²) < 4.78 is 5.28. The van der Waals surface area contributed by atoms with Crippen LogP contribution >= 0.6 is 0 Å². The molecule has 0 aromatic carbocycles. The highest BCUT2D eigenvalue weighted by Crippen LogP contribution is 2.10. The molecule has 2 saturated heterocycles. The average molecular weight is 319 g/mol. The molecule has 2 aliphatic rings. The lowest BCUT2D eigenvalue weighted by Gasteiger charge is -2.26. The van der Waals surface area contributed by atoms with Gasteiger partial charge in [0.15, 0.2) is 0 Å². The number of carbonyl (C=O) groups excluding carboxylic acids is 2. The predicted molar refractivity (Wildman–Crippen MR) is 83.2 cm³/mol. The highest BCUT2D eigenvalue weighted by molar-refractivity contribution is 5.96. The van der Waals surface area contributed by atoms with Gasteiger partial charge in [0.05, 0.1) is 25.3 Å². The van der Waals surface area contributed by atoms with Crippen LogP contribution in [-0.2, 0) is 9.53 Å². The van der Waals surface area contributed by atoms with Gasteiger partial charge >= 0.3 is 0 Å². The van der Waals surface area contributed by atoms with Gasteiger partial charge in [-0.2, -0.15) is 0 Å². The zero-order valence-electron chi connectivity index (χ0n) is 13.0. The second kappa shape index (κ2) is 7.36. The molecule has 0 unspecified atom stereocenters. The lowest BCUT2D eigenvalue weighted by molar-refractivity contribution is -0.129. The summed E-state index contributed by atoms with van der Waals surface area (Å²) in [6, 6.07) is 0. The van der Waals surface area contributed by atoms with Crippen molar-refractivity contribution in [3.8, 4) is 0 Å². The molecule has 0 aliphatic carbocycles. The first-order chi connectivity index (χ1) is 11.2. The van der Waals surface area contributed by atoms with Gasteiger partial charge in [0.25, 0.3) is 5.91 Å². The summed E-state index contributed by atoms with van der Waals surface area (Å²) in [5.41, 5.74) is 0.358. The summed E-state index contributed by atoms with van der Waals surface area (Å²) in [5.74, 6) is 0.228. The summed E-state index contributed by atoms with van der Waals surface area (Å²) in [5, 5.41) is 2.63. The van der Waals surface area contributed by atoms with Crippen molar-refractivity contribution in [3.63, 3.8) is 0 Å². The number of aromatic nitrogens is 2. The molecule has 1 N–H and O–H groups in total. The van der Waals surface area contributed by atoms with E-state index in [1.807, 2.05) is 4.90 Å². The number of likely N-dealkylation sites (tertiary alicyclic amines) is 1. The molecule has 1 aromatic rings. The van der Waals surface area contributed by atoms with Gasteiger partial charge in [0, 0.05) is 38.6 Å². The number of anilines is 1. The second-order valence-corrected chi connectivity index (χ2v) is 5.64. The summed E-state index contributed by atoms with van der Waals surface area (Å²) >= 11 is 0. The zero-order valence-corrected chi connectivity index (χ0v) is 13.0. The Morgan fingerprint density at radius 1 is 1.09 bits per heavy atom. The highest BCUT2D eigenvalue weighted by Gasteiger charge is 2.19. The van der Waals surface area contributed by atoms with E-state index >= 15 is 0 Å². The molecule has 0 saturated carbocycles. The van der Waals surface area contributed by atoms with Gasteiger partial charge in [-0.15, -0.1) is 0 Å². The van der Waals surface area contributed by atoms with Crippen LogP contribution in [0.15, 0.2) is 12.4 Å². The topological polar surface area (TPSA) is 87.7 Å². The summed E-state index contributed by atoms with van der Waals surface area (Å²) in [7, 11) is 0. The van der Waals surface area contributed by atoms with Gasteiger partial charge in [-0.25, -0.2) is 9.97 Å². The van der Waals surface area contributed by atoms with E-state index < -0.39 is 0 Å². The van der Waals surface area contributed by atoms with Gasteiger partial charge in [0.2, 0.25) is 11.9 Å². The molecule has 8 heteroatoms. The SMILES string of the molecule is O=C(NCC(=O)N1CCCC1)c1cnc(N2CCOCC2)nc1. The summed E-state index contributed by atoms with van der Waals surface area (Å²) in [6.45, 7) is 4.39. The van der Waals surface area contributed by atoms with Crippen molar-refractivity contribution in [1.82, 2.24) is 20.2 Å². The van der Waals surface area contributed by atoms with Crippen LogP contribution in [0, 0.1) is 0 Å². The van der Waals surface area contributed by atoms with Crippen molar-refractivity contribution in [1.29, 1.82) is 0 Å². The normalized spacial score (nSPS) is 18.1. The first kappa shape index (κ1) is 15.7. The Morgan fingerprint density at radius 3 is 2.39 bits per heavy atom. The third-order valence-corrected chi connectivity index (χ3v) is 4.05. The quantitative estimate of drug-likeness (QED) is 0.817. The fraction of sp³-hybridized carbons (Fsp3) is 0.600. The Morgan fingerprint density at radius 2 is 1.74 bits per heavy atom. The van der Waals surface area contributed by atoms with E-state index in [1.54, 1.807) is 4.90 Å². The van der Waals surface area contributed by atoms with Crippen LogP contribution in [0.3, 0.4) is 0 Å². The van der Waals surface area contributed by atoms with E-state index in [0.29, 0.717) is 24.7 Å². The molecule has 23 heavy (non-hydrogen) atoms. The number of carbonyl (C=O) groups is 2. The Labute approximate surface area is 134 Å².